The normalized spacial score (nSPS) is 21.3. The molecule has 0 aliphatic carbocycles. The fourth-order valence-electron chi connectivity index (χ4n) is 1.77. The molecule has 0 bridgehead atoms. The molecule has 90 valence electrons. The number of hydrogen-bond donors (Lipinski definition) is 1. The first-order valence-corrected chi connectivity index (χ1v) is 5.85. The van der Waals surface area contributed by atoms with E-state index in [1.54, 1.807) is 6.21 Å². The van der Waals surface area contributed by atoms with Gasteiger partial charge in [-0.3, -0.25) is 4.99 Å². The summed E-state index contributed by atoms with van der Waals surface area (Å²) in [7, 11) is 0. The van der Waals surface area contributed by atoms with Gasteiger partial charge in [0.05, 0.1) is 25.0 Å². The topological polar surface area (TPSA) is 41.8 Å². The van der Waals surface area contributed by atoms with Gasteiger partial charge in [-0.25, -0.2) is 0 Å². The highest BCUT2D eigenvalue weighted by molar-refractivity contribution is 5.76. The van der Waals surface area contributed by atoms with Gasteiger partial charge in [-0.05, 0) is 18.6 Å². The highest BCUT2D eigenvalue weighted by atomic mass is 16.5. The highest BCUT2D eigenvalue weighted by Crippen LogP contribution is 2.18. The van der Waals surface area contributed by atoms with Gasteiger partial charge in [0.2, 0.25) is 0 Å². The van der Waals surface area contributed by atoms with E-state index < -0.39 is 0 Å². The summed E-state index contributed by atoms with van der Waals surface area (Å²) in [5.41, 5.74) is 1.01. The molecule has 17 heavy (non-hydrogen) atoms. The van der Waals surface area contributed by atoms with Crippen LogP contribution in [-0.4, -0.2) is 24.0 Å². The third-order valence-corrected chi connectivity index (χ3v) is 2.73. The van der Waals surface area contributed by atoms with Crippen LogP contribution in [-0.2, 0) is 4.74 Å². The van der Waals surface area contributed by atoms with Crippen molar-refractivity contribution in [3.05, 3.63) is 47.7 Å². The molecule has 0 saturated carbocycles. The zero-order chi connectivity index (χ0) is 12.1. The average Bonchev–Trinajstić information content (AvgIpc) is 2.77. The van der Waals surface area contributed by atoms with Crippen LogP contribution in [0.3, 0.4) is 0 Å². The Bertz CT molecular complexity index is 411. The number of nitrogens with zero attached hydrogens (tertiary/aromatic N) is 1. The van der Waals surface area contributed by atoms with Crippen molar-refractivity contribution in [3.63, 3.8) is 0 Å². The number of aliphatic hydroxyl groups excluding tert-OH is 1. The molecule has 1 aliphatic rings. The minimum absolute atomic E-state index is 0.00332. The van der Waals surface area contributed by atoms with Crippen LogP contribution >= 0.6 is 0 Å². The fraction of sp³-hybridized carbons (Fsp3) is 0.357. The third kappa shape index (κ3) is 3.17. The van der Waals surface area contributed by atoms with Crippen LogP contribution in [0, 0.1) is 0 Å². The molecule has 1 aromatic carbocycles. The molecule has 3 nitrogen and oxygen atoms in total. The molecule has 2 rings (SSSR count). The summed E-state index contributed by atoms with van der Waals surface area (Å²) in [5, 5.41) is 9.33. The Balaban J connectivity index is 2.03. The summed E-state index contributed by atoms with van der Waals surface area (Å²) in [4.78, 5) is 4.36. The largest absolute Gasteiger partial charge is 0.489 e. The molecule has 1 unspecified atom stereocenters. The lowest BCUT2D eigenvalue weighted by molar-refractivity contribution is 0.175. The van der Waals surface area contributed by atoms with Crippen LogP contribution in [0.1, 0.15) is 24.9 Å². The Morgan fingerprint density at radius 2 is 2.24 bits per heavy atom. The van der Waals surface area contributed by atoms with E-state index in [4.69, 9.17) is 4.74 Å². The average molecular weight is 231 g/mol. The van der Waals surface area contributed by atoms with Gasteiger partial charge in [0.1, 0.15) is 5.76 Å². The Morgan fingerprint density at radius 1 is 1.47 bits per heavy atom. The Morgan fingerprint density at radius 3 is 2.82 bits per heavy atom. The molecule has 3 heteroatoms. The smallest absolute Gasteiger partial charge is 0.133 e. The number of aliphatic hydroxyl groups is 1. The van der Waals surface area contributed by atoms with Gasteiger partial charge >= 0.3 is 0 Å². The van der Waals surface area contributed by atoms with Crippen molar-refractivity contribution in [2.75, 3.05) is 6.61 Å². The molecule has 1 N–H and O–H groups in total. The van der Waals surface area contributed by atoms with Crippen LogP contribution < -0.4 is 0 Å². The standard InChI is InChI=1S/C14H17NO2/c1-11-7-8-13(17-11)9-15-14(10-16)12-5-3-2-4-6-12/h2-6,8-9,11,14,16H,7,10H2,1H3/b15-9+/t11?,14-/m0/s1. The van der Waals surface area contributed by atoms with E-state index in [1.807, 2.05) is 43.3 Å². The number of hydrogen-bond acceptors (Lipinski definition) is 3. The van der Waals surface area contributed by atoms with E-state index in [-0.39, 0.29) is 18.8 Å². The Hall–Kier alpha value is -1.61. The summed E-state index contributed by atoms with van der Waals surface area (Å²) in [6.07, 6.45) is 4.89. The molecule has 2 atom stereocenters. The van der Waals surface area contributed by atoms with E-state index in [0.717, 1.165) is 17.7 Å². The van der Waals surface area contributed by atoms with E-state index >= 15 is 0 Å². The number of ether oxygens (including phenoxy) is 1. The van der Waals surface area contributed by atoms with Crippen molar-refractivity contribution in [1.82, 2.24) is 0 Å². The van der Waals surface area contributed by atoms with Crippen LogP contribution in [0.4, 0.5) is 0 Å². The van der Waals surface area contributed by atoms with Gasteiger partial charge in [0, 0.05) is 6.42 Å². The van der Waals surface area contributed by atoms with E-state index in [2.05, 4.69) is 4.99 Å². The van der Waals surface area contributed by atoms with Crippen molar-refractivity contribution >= 4 is 6.21 Å². The maximum atomic E-state index is 9.33. The second-order valence-corrected chi connectivity index (χ2v) is 4.16. The van der Waals surface area contributed by atoms with Gasteiger partial charge in [-0.2, -0.15) is 0 Å². The van der Waals surface area contributed by atoms with E-state index in [1.165, 1.54) is 0 Å². The number of allylic oxidation sites excluding steroid dienone is 1. The summed E-state index contributed by atoms with van der Waals surface area (Å²) in [6, 6.07) is 9.56. The van der Waals surface area contributed by atoms with E-state index in [9.17, 15) is 5.11 Å². The highest BCUT2D eigenvalue weighted by Gasteiger charge is 2.12. The van der Waals surface area contributed by atoms with Crippen molar-refractivity contribution in [1.29, 1.82) is 0 Å². The van der Waals surface area contributed by atoms with Gasteiger partial charge < -0.3 is 9.84 Å². The van der Waals surface area contributed by atoms with Gasteiger partial charge in [-0.1, -0.05) is 30.3 Å². The van der Waals surface area contributed by atoms with Crippen LogP contribution in [0.5, 0.6) is 0 Å². The monoisotopic (exact) mass is 231 g/mol. The zero-order valence-electron chi connectivity index (χ0n) is 9.91. The zero-order valence-corrected chi connectivity index (χ0v) is 9.91. The van der Waals surface area contributed by atoms with Crippen molar-refractivity contribution < 1.29 is 9.84 Å². The minimum Gasteiger partial charge on any atom is -0.489 e. The first-order valence-electron chi connectivity index (χ1n) is 5.85. The summed E-state index contributed by atoms with van der Waals surface area (Å²) in [6.45, 7) is 2.03. The molecule has 0 saturated heterocycles. The quantitative estimate of drug-likeness (QED) is 0.809. The van der Waals surface area contributed by atoms with Crippen molar-refractivity contribution in [2.24, 2.45) is 4.99 Å². The molecule has 1 heterocycles. The van der Waals surface area contributed by atoms with Gasteiger partial charge in [0.15, 0.2) is 0 Å². The predicted octanol–water partition coefficient (Wildman–Crippen LogP) is 2.48. The minimum atomic E-state index is -0.211. The molecule has 0 aromatic heterocycles. The predicted molar refractivity (Wildman–Crippen MR) is 68.0 cm³/mol. The summed E-state index contributed by atoms with van der Waals surface area (Å²) >= 11 is 0. The fourth-order valence-corrected chi connectivity index (χ4v) is 1.77. The number of aliphatic imine (C=N–C) groups is 1. The third-order valence-electron chi connectivity index (χ3n) is 2.73. The molecule has 0 radical (unpaired) electrons. The summed E-state index contributed by atoms with van der Waals surface area (Å²) in [5.74, 6) is 0.798. The second kappa shape index (κ2) is 5.64. The molecular weight excluding hydrogens is 214 g/mol. The van der Waals surface area contributed by atoms with Crippen LogP contribution in [0.2, 0.25) is 0 Å². The molecule has 0 amide bonds. The van der Waals surface area contributed by atoms with Gasteiger partial charge in [-0.15, -0.1) is 0 Å². The SMILES string of the molecule is CC1CC=C(/C=N/[C@@H](CO)c2ccccc2)O1. The molecule has 0 fully saturated rings. The Labute approximate surface area is 101 Å². The lowest BCUT2D eigenvalue weighted by Crippen LogP contribution is -2.03. The van der Waals surface area contributed by atoms with Gasteiger partial charge in [0.25, 0.3) is 0 Å². The lowest BCUT2D eigenvalue weighted by Gasteiger charge is -2.09. The van der Waals surface area contributed by atoms with Crippen LogP contribution in [0.15, 0.2) is 47.2 Å². The van der Waals surface area contributed by atoms with E-state index in [0.29, 0.717) is 0 Å². The Kier molecular flexibility index (Phi) is 3.94. The van der Waals surface area contributed by atoms with Crippen molar-refractivity contribution in [2.45, 2.75) is 25.5 Å². The molecule has 1 aliphatic heterocycles. The van der Waals surface area contributed by atoms with Crippen molar-refractivity contribution in [3.8, 4) is 0 Å². The molecule has 0 spiro atoms. The summed E-state index contributed by atoms with van der Waals surface area (Å²) < 4.78 is 5.52. The second-order valence-electron chi connectivity index (χ2n) is 4.16. The first-order chi connectivity index (χ1) is 8.29. The van der Waals surface area contributed by atoms with Crippen LogP contribution in [0.25, 0.3) is 0 Å². The molecular formula is C14H17NO2. The maximum Gasteiger partial charge on any atom is 0.133 e. The first kappa shape index (κ1) is 11.9. The number of rotatable bonds is 4. The number of benzene rings is 1. The lowest BCUT2D eigenvalue weighted by atomic mass is 10.1. The maximum absolute atomic E-state index is 9.33. The molecule has 1 aromatic rings.